The average molecular weight is 241 g/mol. The molecule has 0 fully saturated rings. The Labute approximate surface area is 94.4 Å². The van der Waals surface area contributed by atoms with Gasteiger partial charge in [0.2, 0.25) is 6.21 Å². The van der Waals surface area contributed by atoms with Crippen LogP contribution < -0.4 is 4.74 Å². The van der Waals surface area contributed by atoms with Crippen molar-refractivity contribution in [2.75, 3.05) is 13.7 Å². The molecule has 0 aromatic heterocycles. The summed E-state index contributed by atoms with van der Waals surface area (Å²) in [5.41, 5.74) is 0.670. The predicted octanol–water partition coefficient (Wildman–Crippen LogP) is 1.38. The molecule has 1 aliphatic heterocycles. The Morgan fingerprint density at radius 2 is 2.31 bits per heavy atom. The molecule has 16 heavy (non-hydrogen) atoms. The molecule has 1 N–H and O–H groups in total. The summed E-state index contributed by atoms with van der Waals surface area (Å²) >= 11 is 0. The zero-order chi connectivity index (χ0) is 11.8. The van der Waals surface area contributed by atoms with Crippen molar-refractivity contribution in [1.82, 2.24) is 0 Å². The van der Waals surface area contributed by atoms with Gasteiger partial charge in [-0.2, -0.15) is 0 Å². The highest BCUT2D eigenvalue weighted by molar-refractivity contribution is 7.88. The molecule has 1 unspecified atom stereocenters. The lowest BCUT2D eigenvalue weighted by Crippen LogP contribution is -2.18. The number of ether oxygens (including phenoxy) is 1. The third-order valence-electron chi connectivity index (χ3n) is 2.33. The smallest absolute Gasteiger partial charge is 0.253 e. The molecular weight excluding hydrogens is 228 g/mol. The second-order valence-corrected chi connectivity index (χ2v) is 4.96. The van der Waals surface area contributed by atoms with Gasteiger partial charge in [0.25, 0.3) is 10.0 Å². The highest BCUT2D eigenvalue weighted by atomic mass is 32.2. The quantitative estimate of drug-likeness (QED) is 0.795. The highest BCUT2D eigenvalue weighted by Crippen LogP contribution is 2.23. The molecule has 0 saturated carbocycles. The van der Waals surface area contributed by atoms with Gasteiger partial charge in [-0.3, -0.25) is 4.55 Å². The van der Waals surface area contributed by atoms with Crippen molar-refractivity contribution in [3.05, 3.63) is 23.8 Å². The molecule has 0 amide bonds. The van der Waals surface area contributed by atoms with Gasteiger partial charge in [0, 0.05) is 0 Å². The molecule has 0 saturated heterocycles. The van der Waals surface area contributed by atoms with Crippen LogP contribution in [0.1, 0.15) is 12.5 Å². The Balaban J connectivity index is 2.68. The Bertz CT molecular complexity index is 571. The normalized spacial score (nSPS) is 23.1. The van der Waals surface area contributed by atoms with Crippen molar-refractivity contribution in [2.45, 2.75) is 11.8 Å². The van der Waals surface area contributed by atoms with Gasteiger partial charge >= 0.3 is 0 Å². The lowest BCUT2D eigenvalue weighted by Gasteiger charge is -2.09. The summed E-state index contributed by atoms with van der Waals surface area (Å²) in [6.07, 6.45) is 1.73. The molecule has 0 radical (unpaired) electrons. The SMILES string of the molecule is CC[N+]1=Cc2cc(OC)ccc2S(=O)(O)=N1. The van der Waals surface area contributed by atoms with E-state index in [1.165, 1.54) is 4.68 Å². The standard InChI is InChI=1S/C10H12N2O3S/c1-3-12-7-8-6-9(15-2)4-5-10(8)16(13,14)11-12/h4-7H,3H2,1-2H3/p+1. The van der Waals surface area contributed by atoms with Gasteiger partial charge in [-0.25, -0.2) is 4.21 Å². The number of rotatable bonds is 2. The zero-order valence-corrected chi connectivity index (χ0v) is 9.90. The first-order chi connectivity index (χ1) is 7.56. The first-order valence-electron chi connectivity index (χ1n) is 4.86. The van der Waals surface area contributed by atoms with Gasteiger partial charge in [-0.05, 0) is 25.1 Å². The highest BCUT2D eigenvalue weighted by Gasteiger charge is 2.24. The lowest BCUT2D eigenvalue weighted by atomic mass is 10.2. The van der Waals surface area contributed by atoms with Crippen LogP contribution in [-0.4, -0.2) is 33.3 Å². The molecule has 0 bridgehead atoms. The Morgan fingerprint density at radius 1 is 1.56 bits per heavy atom. The summed E-state index contributed by atoms with van der Waals surface area (Å²) in [4.78, 5) is 0.331. The minimum atomic E-state index is -3.31. The third-order valence-corrected chi connectivity index (χ3v) is 3.71. The monoisotopic (exact) mass is 241 g/mol. The number of benzene rings is 1. The first kappa shape index (κ1) is 11.1. The fourth-order valence-electron chi connectivity index (χ4n) is 1.52. The second-order valence-electron chi connectivity index (χ2n) is 3.37. The Kier molecular flexibility index (Phi) is 2.69. The molecule has 86 valence electrons. The van der Waals surface area contributed by atoms with Crippen molar-refractivity contribution < 1.29 is 18.2 Å². The van der Waals surface area contributed by atoms with Crippen molar-refractivity contribution in [2.24, 2.45) is 4.47 Å². The van der Waals surface area contributed by atoms with Crippen LogP contribution in [0.15, 0.2) is 27.6 Å². The van der Waals surface area contributed by atoms with E-state index in [1.54, 1.807) is 31.5 Å². The second kappa shape index (κ2) is 3.88. The van der Waals surface area contributed by atoms with Crippen molar-refractivity contribution in [3.63, 3.8) is 0 Å². The Hall–Kier alpha value is -1.40. The molecule has 0 spiro atoms. The van der Waals surface area contributed by atoms with Gasteiger partial charge in [0.05, 0.1) is 22.0 Å². The maximum Gasteiger partial charge on any atom is 0.253 e. The molecule has 1 atom stereocenters. The van der Waals surface area contributed by atoms with Crippen molar-refractivity contribution >= 4 is 16.2 Å². The number of methoxy groups -OCH3 is 1. The topological polar surface area (TPSA) is 61.9 Å². The molecule has 1 aromatic rings. The van der Waals surface area contributed by atoms with E-state index in [2.05, 4.69) is 4.47 Å². The van der Waals surface area contributed by atoms with Crippen molar-refractivity contribution in [3.8, 4) is 5.75 Å². The van der Waals surface area contributed by atoms with E-state index in [0.29, 0.717) is 22.8 Å². The summed E-state index contributed by atoms with van der Waals surface area (Å²) in [7, 11) is -1.76. The Morgan fingerprint density at radius 3 is 2.94 bits per heavy atom. The van der Waals surface area contributed by atoms with Gasteiger partial charge in [-0.15, -0.1) is 0 Å². The lowest BCUT2D eigenvalue weighted by molar-refractivity contribution is -0.523. The van der Waals surface area contributed by atoms with Crippen LogP contribution in [0.4, 0.5) is 0 Å². The van der Waals surface area contributed by atoms with E-state index < -0.39 is 10.0 Å². The maximum absolute atomic E-state index is 11.9. The van der Waals surface area contributed by atoms with E-state index in [-0.39, 0.29) is 0 Å². The van der Waals surface area contributed by atoms with E-state index in [4.69, 9.17) is 4.74 Å². The van der Waals surface area contributed by atoms with Gasteiger partial charge in [0.15, 0.2) is 6.54 Å². The van der Waals surface area contributed by atoms with Crippen LogP contribution in [0.25, 0.3) is 0 Å². The van der Waals surface area contributed by atoms with Gasteiger partial charge in [0.1, 0.15) is 5.75 Å². The van der Waals surface area contributed by atoms with Crippen LogP contribution in [-0.2, 0) is 10.0 Å². The molecule has 0 aliphatic carbocycles. The summed E-state index contributed by atoms with van der Waals surface area (Å²) < 4.78 is 31.9. The van der Waals surface area contributed by atoms with E-state index in [0.717, 1.165) is 0 Å². The van der Waals surface area contributed by atoms with Crippen LogP contribution >= 0.6 is 0 Å². The van der Waals surface area contributed by atoms with E-state index in [1.807, 2.05) is 6.92 Å². The molecule has 6 heteroatoms. The molecule has 1 aliphatic rings. The summed E-state index contributed by atoms with van der Waals surface area (Å²) in [6, 6.07) is 4.95. The molecule has 2 rings (SSSR count). The molecule has 1 aromatic carbocycles. The van der Waals surface area contributed by atoms with Crippen LogP contribution in [0.5, 0.6) is 5.75 Å². The molecule has 5 nitrogen and oxygen atoms in total. The summed E-state index contributed by atoms with van der Waals surface area (Å²) in [5, 5.41) is 0. The maximum atomic E-state index is 11.9. The van der Waals surface area contributed by atoms with Crippen LogP contribution in [0.3, 0.4) is 0 Å². The summed E-state index contributed by atoms with van der Waals surface area (Å²) in [6.45, 7) is 2.41. The van der Waals surface area contributed by atoms with Crippen molar-refractivity contribution in [1.29, 1.82) is 0 Å². The van der Waals surface area contributed by atoms with E-state index >= 15 is 0 Å². The number of hydrogen-bond donors (Lipinski definition) is 1. The minimum Gasteiger partial charge on any atom is -0.497 e. The number of fused-ring (bicyclic) bond motifs is 1. The van der Waals surface area contributed by atoms with Crippen LogP contribution in [0.2, 0.25) is 0 Å². The predicted molar refractivity (Wildman–Crippen MR) is 60.4 cm³/mol. The fourth-order valence-corrected chi connectivity index (χ4v) is 2.71. The van der Waals surface area contributed by atoms with Gasteiger partial charge < -0.3 is 4.74 Å². The number of nitrogens with zero attached hydrogens (tertiary/aromatic N) is 2. The van der Waals surface area contributed by atoms with E-state index in [9.17, 15) is 8.76 Å². The fraction of sp³-hybridized carbons (Fsp3) is 0.300. The summed E-state index contributed by atoms with van der Waals surface area (Å²) in [5.74, 6) is 0.656. The largest absolute Gasteiger partial charge is 0.497 e. The zero-order valence-electron chi connectivity index (χ0n) is 9.08. The average Bonchev–Trinajstić information content (AvgIpc) is 2.27. The van der Waals surface area contributed by atoms with Gasteiger partial charge in [-0.1, -0.05) is 4.68 Å². The molecular formula is C10H13N2O3S+. The van der Waals surface area contributed by atoms with Crippen LogP contribution in [0, 0.1) is 0 Å². The minimum absolute atomic E-state index is 0.331. The number of hydrogen-bond acceptors (Lipinski definition) is 3. The molecule has 1 heterocycles. The third kappa shape index (κ3) is 1.81. The first-order valence-corrected chi connectivity index (χ1v) is 6.33.